The van der Waals surface area contributed by atoms with Crippen LogP contribution in [0.1, 0.15) is 52.4 Å². The molecule has 1 amide bonds. The largest absolute Gasteiger partial charge is 0.338 e. The van der Waals surface area contributed by atoms with Crippen molar-refractivity contribution in [2.45, 2.75) is 58.4 Å². The molecule has 1 unspecified atom stereocenters. The van der Waals surface area contributed by atoms with Gasteiger partial charge in [-0.1, -0.05) is 13.8 Å². The minimum absolute atomic E-state index is 0.383. The van der Waals surface area contributed by atoms with Crippen molar-refractivity contribution >= 4 is 5.91 Å². The summed E-state index contributed by atoms with van der Waals surface area (Å²) in [5, 5.41) is 0. The number of amides is 1. The molecule has 2 heterocycles. The first-order valence-electron chi connectivity index (χ1n) is 7.68. The minimum Gasteiger partial charge on any atom is -0.338 e. The van der Waals surface area contributed by atoms with Crippen molar-refractivity contribution in [2.75, 3.05) is 26.2 Å². The Morgan fingerprint density at radius 1 is 1.11 bits per heavy atom. The van der Waals surface area contributed by atoms with Gasteiger partial charge in [0.2, 0.25) is 5.91 Å². The average Bonchev–Trinajstić information content (AvgIpc) is 2.81. The second-order valence-electron chi connectivity index (χ2n) is 6.34. The predicted molar refractivity (Wildman–Crippen MR) is 74.5 cm³/mol. The third kappa shape index (κ3) is 3.71. The lowest BCUT2D eigenvalue weighted by molar-refractivity contribution is -0.136. The molecule has 3 nitrogen and oxygen atoms in total. The Kier molecular flexibility index (Phi) is 5.04. The zero-order valence-corrected chi connectivity index (χ0v) is 12.0. The molecule has 0 aromatic carbocycles. The van der Waals surface area contributed by atoms with Crippen LogP contribution in [0.3, 0.4) is 0 Å². The van der Waals surface area contributed by atoms with Crippen LogP contribution in [0.5, 0.6) is 0 Å². The molecule has 3 heteroatoms. The van der Waals surface area contributed by atoms with Gasteiger partial charge in [-0.05, 0) is 51.1 Å². The van der Waals surface area contributed by atoms with Gasteiger partial charge >= 0.3 is 0 Å². The fraction of sp³-hybridized carbons (Fsp3) is 0.933. The number of nitrogens with zero attached hydrogens (tertiary/aromatic N) is 2. The van der Waals surface area contributed by atoms with Crippen LogP contribution in [0.25, 0.3) is 0 Å². The highest BCUT2D eigenvalue weighted by molar-refractivity contribution is 5.76. The zero-order chi connectivity index (χ0) is 13.0. The van der Waals surface area contributed by atoms with Gasteiger partial charge in [0.15, 0.2) is 0 Å². The lowest BCUT2D eigenvalue weighted by Crippen LogP contribution is -2.49. The van der Waals surface area contributed by atoms with E-state index in [4.69, 9.17) is 0 Å². The monoisotopic (exact) mass is 252 g/mol. The second-order valence-corrected chi connectivity index (χ2v) is 6.34. The Hall–Kier alpha value is -0.570. The fourth-order valence-corrected chi connectivity index (χ4v) is 3.25. The summed E-state index contributed by atoms with van der Waals surface area (Å²) in [5.74, 6) is 0.862. The van der Waals surface area contributed by atoms with Gasteiger partial charge in [-0.25, -0.2) is 0 Å². The highest BCUT2D eigenvalue weighted by Crippen LogP contribution is 2.21. The molecule has 0 bridgehead atoms. The summed E-state index contributed by atoms with van der Waals surface area (Å²) >= 11 is 0. The SMILES string of the molecule is CC(C)CC(=O)N1CCCCC1CN1CCCC1. The molecule has 2 aliphatic heterocycles. The first kappa shape index (κ1) is 13.9. The van der Waals surface area contributed by atoms with Crippen molar-refractivity contribution in [1.29, 1.82) is 0 Å². The first-order valence-corrected chi connectivity index (χ1v) is 7.68. The van der Waals surface area contributed by atoms with E-state index >= 15 is 0 Å². The number of piperidine rings is 1. The number of hydrogen-bond donors (Lipinski definition) is 0. The van der Waals surface area contributed by atoms with Crippen LogP contribution < -0.4 is 0 Å². The van der Waals surface area contributed by atoms with Crippen LogP contribution >= 0.6 is 0 Å². The van der Waals surface area contributed by atoms with E-state index in [0.29, 0.717) is 17.9 Å². The van der Waals surface area contributed by atoms with Crippen LogP contribution in [0.2, 0.25) is 0 Å². The molecule has 0 aromatic heterocycles. The molecular formula is C15H28N2O. The average molecular weight is 252 g/mol. The Bertz CT molecular complexity index is 272. The Morgan fingerprint density at radius 3 is 2.44 bits per heavy atom. The molecule has 2 fully saturated rings. The van der Waals surface area contributed by atoms with E-state index in [1.165, 1.54) is 45.2 Å². The fourth-order valence-electron chi connectivity index (χ4n) is 3.25. The highest BCUT2D eigenvalue weighted by atomic mass is 16.2. The maximum atomic E-state index is 12.3. The molecule has 0 aliphatic carbocycles. The third-order valence-electron chi connectivity index (χ3n) is 4.20. The first-order chi connectivity index (χ1) is 8.66. The Balaban J connectivity index is 1.90. The van der Waals surface area contributed by atoms with Crippen LogP contribution in [-0.4, -0.2) is 47.9 Å². The van der Waals surface area contributed by atoms with Gasteiger partial charge in [0, 0.05) is 25.6 Å². The van der Waals surface area contributed by atoms with Crippen LogP contribution in [0.15, 0.2) is 0 Å². The van der Waals surface area contributed by atoms with Crippen LogP contribution in [0, 0.1) is 5.92 Å². The second kappa shape index (κ2) is 6.55. The number of likely N-dealkylation sites (tertiary alicyclic amines) is 2. The lowest BCUT2D eigenvalue weighted by atomic mass is 9.99. The molecule has 1 atom stereocenters. The van der Waals surface area contributed by atoms with Crippen LogP contribution in [-0.2, 0) is 4.79 Å². The molecule has 2 rings (SSSR count). The van der Waals surface area contributed by atoms with Gasteiger partial charge in [0.05, 0.1) is 0 Å². The molecule has 0 aromatic rings. The summed E-state index contributed by atoms with van der Waals surface area (Å²) in [5.41, 5.74) is 0. The van der Waals surface area contributed by atoms with E-state index in [1.54, 1.807) is 0 Å². The van der Waals surface area contributed by atoms with E-state index in [-0.39, 0.29) is 0 Å². The lowest BCUT2D eigenvalue weighted by Gasteiger charge is -2.38. The molecule has 0 N–H and O–H groups in total. The van der Waals surface area contributed by atoms with Crippen molar-refractivity contribution in [3.8, 4) is 0 Å². The summed E-state index contributed by atoms with van der Waals surface area (Å²) in [6.07, 6.45) is 7.10. The van der Waals surface area contributed by atoms with E-state index in [9.17, 15) is 4.79 Å². The summed E-state index contributed by atoms with van der Waals surface area (Å²) in [7, 11) is 0. The number of hydrogen-bond acceptors (Lipinski definition) is 2. The maximum absolute atomic E-state index is 12.3. The molecule has 0 saturated carbocycles. The van der Waals surface area contributed by atoms with Crippen molar-refractivity contribution in [3.05, 3.63) is 0 Å². The van der Waals surface area contributed by atoms with Gasteiger partial charge in [-0.2, -0.15) is 0 Å². The topological polar surface area (TPSA) is 23.6 Å². The molecule has 2 saturated heterocycles. The van der Waals surface area contributed by atoms with Gasteiger partial charge in [-0.3, -0.25) is 4.79 Å². The summed E-state index contributed by atoms with van der Waals surface area (Å²) in [6, 6.07) is 0.489. The van der Waals surface area contributed by atoms with E-state index in [0.717, 1.165) is 19.5 Å². The zero-order valence-electron chi connectivity index (χ0n) is 12.0. The molecule has 0 spiro atoms. The van der Waals surface area contributed by atoms with Gasteiger partial charge in [0.1, 0.15) is 0 Å². The smallest absolute Gasteiger partial charge is 0.223 e. The minimum atomic E-state index is 0.383. The Morgan fingerprint density at radius 2 is 1.78 bits per heavy atom. The van der Waals surface area contributed by atoms with Crippen LogP contribution in [0.4, 0.5) is 0 Å². The molecular weight excluding hydrogens is 224 g/mol. The standard InChI is InChI=1S/C15H28N2O/c1-13(2)11-15(18)17-10-4-3-7-14(17)12-16-8-5-6-9-16/h13-14H,3-12H2,1-2H3. The molecule has 0 radical (unpaired) electrons. The normalized spacial score (nSPS) is 25.9. The van der Waals surface area contributed by atoms with Gasteiger partial charge in [0.25, 0.3) is 0 Å². The Labute approximate surface area is 112 Å². The van der Waals surface area contributed by atoms with Crippen molar-refractivity contribution < 1.29 is 4.79 Å². The van der Waals surface area contributed by atoms with E-state index in [1.807, 2.05) is 0 Å². The number of carbonyl (C=O) groups is 1. The third-order valence-corrected chi connectivity index (χ3v) is 4.20. The summed E-state index contributed by atoms with van der Waals surface area (Å²) in [4.78, 5) is 17.0. The predicted octanol–water partition coefficient (Wildman–Crippen LogP) is 2.51. The molecule has 2 aliphatic rings. The maximum Gasteiger partial charge on any atom is 0.223 e. The van der Waals surface area contributed by atoms with E-state index in [2.05, 4.69) is 23.6 Å². The van der Waals surface area contributed by atoms with E-state index < -0.39 is 0 Å². The van der Waals surface area contributed by atoms with Gasteiger partial charge in [-0.15, -0.1) is 0 Å². The summed E-state index contributed by atoms with van der Waals surface area (Å²) in [6.45, 7) is 8.86. The molecule has 18 heavy (non-hydrogen) atoms. The number of carbonyl (C=O) groups excluding carboxylic acids is 1. The quantitative estimate of drug-likeness (QED) is 0.767. The van der Waals surface area contributed by atoms with Crippen molar-refractivity contribution in [2.24, 2.45) is 5.92 Å². The van der Waals surface area contributed by atoms with Crippen molar-refractivity contribution in [3.63, 3.8) is 0 Å². The molecule has 104 valence electrons. The summed E-state index contributed by atoms with van der Waals surface area (Å²) < 4.78 is 0. The highest BCUT2D eigenvalue weighted by Gasteiger charge is 2.28. The van der Waals surface area contributed by atoms with Gasteiger partial charge < -0.3 is 9.80 Å². The van der Waals surface area contributed by atoms with Crippen molar-refractivity contribution in [1.82, 2.24) is 9.80 Å². The number of rotatable bonds is 4.